The van der Waals surface area contributed by atoms with Gasteiger partial charge in [0, 0.05) is 30.4 Å². The van der Waals surface area contributed by atoms with Gasteiger partial charge in [-0.2, -0.15) is 0 Å². The second kappa shape index (κ2) is 3.67. The van der Waals surface area contributed by atoms with Gasteiger partial charge in [-0.1, -0.05) is 0 Å². The van der Waals surface area contributed by atoms with Crippen molar-refractivity contribution in [3.8, 4) is 0 Å². The van der Waals surface area contributed by atoms with Gasteiger partial charge < -0.3 is 0 Å². The molecule has 0 aromatic carbocycles. The normalized spacial score (nSPS) is 17.8. The molecule has 0 aliphatic carbocycles. The quantitative estimate of drug-likeness (QED) is 0.772. The zero-order valence-corrected chi connectivity index (χ0v) is 10.3. The Balaban J connectivity index is 2.19. The minimum atomic E-state index is 0.647. The van der Waals surface area contributed by atoms with E-state index >= 15 is 0 Å². The SMILES string of the molecule is CC(C)N1CCc2nc(Br)sc2C1. The fourth-order valence-electron chi connectivity index (χ4n) is 1.62. The minimum absolute atomic E-state index is 0.647. The molecule has 0 amide bonds. The maximum absolute atomic E-state index is 4.45. The van der Waals surface area contributed by atoms with E-state index in [2.05, 4.69) is 39.7 Å². The van der Waals surface area contributed by atoms with Crippen LogP contribution in [0.3, 0.4) is 0 Å². The summed E-state index contributed by atoms with van der Waals surface area (Å²) in [5.74, 6) is 0. The smallest absolute Gasteiger partial charge is 0.159 e. The van der Waals surface area contributed by atoms with Crippen LogP contribution in [0.15, 0.2) is 3.92 Å². The summed E-state index contributed by atoms with van der Waals surface area (Å²) in [5.41, 5.74) is 1.30. The number of nitrogens with zero attached hydrogens (tertiary/aromatic N) is 2. The zero-order chi connectivity index (χ0) is 9.42. The second-order valence-electron chi connectivity index (χ2n) is 3.65. The summed E-state index contributed by atoms with van der Waals surface area (Å²) >= 11 is 5.21. The summed E-state index contributed by atoms with van der Waals surface area (Å²) < 4.78 is 1.03. The van der Waals surface area contributed by atoms with Crippen LogP contribution in [0, 0.1) is 0 Å². The van der Waals surface area contributed by atoms with E-state index in [0.717, 1.165) is 23.4 Å². The van der Waals surface area contributed by atoms with Crippen molar-refractivity contribution in [2.75, 3.05) is 6.54 Å². The molecule has 0 unspecified atom stereocenters. The highest BCUT2D eigenvalue weighted by Crippen LogP contribution is 2.28. The van der Waals surface area contributed by atoms with Gasteiger partial charge in [0.05, 0.1) is 5.69 Å². The number of fused-ring (bicyclic) bond motifs is 1. The highest BCUT2D eigenvalue weighted by molar-refractivity contribution is 9.11. The third-order valence-corrected chi connectivity index (χ3v) is 4.00. The van der Waals surface area contributed by atoms with Gasteiger partial charge in [-0.15, -0.1) is 11.3 Å². The molecular formula is C9H13BrN2S. The van der Waals surface area contributed by atoms with Crippen LogP contribution >= 0.6 is 27.3 Å². The molecule has 2 nitrogen and oxygen atoms in total. The minimum Gasteiger partial charge on any atom is -0.295 e. The van der Waals surface area contributed by atoms with Crippen molar-refractivity contribution in [2.45, 2.75) is 32.9 Å². The molecule has 0 saturated heterocycles. The van der Waals surface area contributed by atoms with Gasteiger partial charge in [-0.25, -0.2) is 4.98 Å². The first-order chi connectivity index (χ1) is 6.16. The van der Waals surface area contributed by atoms with Gasteiger partial charge in [0.25, 0.3) is 0 Å². The molecule has 0 atom stereocenters. The molecule has 0 saturated carbocycles. The van der Waals surface area contributed by atoms with E-state index in [1.165, 1.54) is 10.6 Å². The van der Waals surface area contributed by atoms with Crippen LogP contribution in [0.4, 0.5) is 0 Å². The zero-order valence-electron chi connectivity index (χ0n) is 7.88. The van der Waals surface area contributed by atoms with Gasteiger partial charge in [0.15, 0.2) is 3.92 Å². The summed E-state index contributed by atoms with van der Waals surface area (Å²) in [6.45, 7) is 6.74. The summed E-state index contributed by atoms with van der Waals surface area (Å²) in [6.07, 6.45) is 1.11. The molecule has 1 aliphatic heterocycles. The number of hydrogen-bond donors (Lipinski definition) is 0. The Labute approximate surface area is 91.1 Å². The predicted octanol–water partition coefficient (Wildman–Crippen LogP) is 2.67. The first-order valence-electron chi connectivity index (χ1n) is 4.55. The van der Waals surface area contributed by atoms with Crippen molar-refractivity contribution in [3.05, 3.63) is 14.5 Å². The Morgan fingerprint density at radius 3 is 3.00 bits per heavy atom. The van der Waals surface area contributed by atoms with Crippen LogP contribution < -0.4 is 0 Å². The summed E-state index contributed by atoms with van der Waals surface area (Å²) in [6, 6.07) is 0.647. The van der Waals surface area contributed by atoms with E-state index in [-0.39, 0.29) is 0 Å². The molecule has 0 N–H and O–H groups in total. The van der Waals surface area contributed by atoms with Crippen molar-refractivity contribution in [1.82, 2.24) is 9.88 Å². The molecule has 0 radical (unpaired) electrons. The molecule has 1 aromatic heterocycles. The highest BCUT2D eigenvalue weighted by Gasteiger charge is 2.21. The Bertz CT molecular complexity index is 309. The van der Waals surface area contributed by atoms with E-state index in [9.17, 15) is 0 Å². The fourth-order valence-corrected chi connectivity index (χ4v) is 3.28. The third-order valence-electron chi connectivity index (χ3n) is 2.46. The van der Waals surface area contributed by atoms with E-state index in [1.807, 2.05) is 0 Å². The fraction of sp³-hybridized carbons (Fsp3) is 0.667. The monoisotopic (exact) mass is 260 g/mol. The van der Waals surface area contributed by atoms with Crippen LogP contribution in [-0.4, -0.2) is 22.5 Å². The van der Waals surface area contributed by atoms with E-state index in [4.69, 9.17) is 0 Å². The molecule has 0 fully saturated rings. The van der Waals surface area contributed by atoms with E-state index < -0.39 is 0 Å². The number of hydrogen-bond acceptors (Lipinski definition) is 3. The highest BCUT2D eigenvalue weighted by atomic mass is 79.9. The summed E-state index contributed by atoms with van der Waals surface area (Å²) in [4.78, 5) is 8.38. The first kappa shape index (κ1) is 9.62. The van der Waals surface area contributed by atoms with Crippen LogP contribution in [0.5, 0.6) is 0 Å². The Morgan fingerprint density at radius 1 is 1.54 bits per heavy atom. The predicted molar refractivity (Wildman–Crippen MR) is 59.1 cm³/mol. The van der Waals surface area contributed by atoms with Crippen LogP contribution in [0.1, 0.15) is 24.4 Å². The molecule has 4 heteroatoms. The van der Waals surface area contributed by atoms with Gasteiger partial charge in [-0.3, -0.25) is 4.90 Å². The lowest BCUT2D eigenvalue weighted by molar-refractivity contribution is 0.205. The molecule has 1 aliphatic rings. The summed E-state index contributed by atoms with van der Waals surface area (Å²) in [5, 5.41) is 0. The van der Waals surface area contributed by atoms with E-state index in [0.29, 0.717) is 6.04 Å². The lowest BCUT2D eigenvalue weighted by Gasteiger charge is -2.29. The number of rotatable bonds is 1. The van der Waals surface area contributed by atoms with Crippen molar-refractivity contribution in [3.63, 3.8) is 0 Å². The second-order valence-corrected chi connectivity index (χ2v) is 6.01. The third kappa shape index (κ3) is 1.95. The van der Waals surface area contributed by atoms with Crippen molar-refractivity contribution in [1.29, 1.82) is 0 Å². The van der Waals surface area contributed by atoms with E-state index in [1.54, 1.807) is 11.3 Å². The molecule has 0 spiro atoms. The number of thiazole rings is 1. The molecule has 1 aromatic rings. The average molecular weight is 261 g/mol. The average Bonchev–Trinajstić information content (AvgIpc) is 2.42. The lowest BCUT2D eigenvalue weighted by Crippen LogP contribution is -2.35. The maximum Gasteiger partial charge on any atom is 0.159 e. The van der Waals surface area contributed by atoms with Crippen molar-refractivity contribution < 1.29 is 0 Å². The molecule has 0 bridgehead atoms. The first-order valence-corrected chi connectivity index (χ1v) is 6.16. The molecule has 2 rings (SSSR count). The lowest BCUT2D eigenvalue weighted by atomic mass is 10.1. The number of halogens is 1. The van der Waals surface area contributed by atoms with Crippen molar-refractivity contribution in [2.24, 2.45) is 0 Å². The van der Waals surface area contributed by atoms with Crippen molar-refractivity contribution >= 4 is 27.3 Å². The molecule has 2 heterocycles. The molecular weight excluding hydrogens is 248 g/mol. The summed E-state index contributed by atoms with van der Waals surface area (Å²) in [7, 11) is 0. The standard InChI is InChI=1S/C9H13BrN2S/c1-6(2)12-4-3-7-8(5-12)13-9(10)11-7/h6H,3-5H2,1-2H3. The molecule has 13 heavy (non-hydrogen) atoms. The topological polar surface area (TPSA) is 16.1 Å². The Morgan fingerprint density at radius 2 is 2.31 bits per heavy atom. The van der Waals surface area contributed by atoms with Gasteiger partial charge in [-0.05, 0) is 29.8 Å². The largest absolute Gasteiger partial charge is 0.295 e. The Kier molecular flexibility index (Phi) is 2.72. The van der Waals surface area contributed by atoms with Gasteiger partial charge in [0.1, 0.15) is 0 Å². The molecule has 72 valence electrons. The van der Waals surface area contributed by atoms with Crippen LogP contribution in [-0.2, 0) is 13.0 Å². The van der Waals surface area contributed by atoms with Gasteiger partial charge >= 0.3 is 0 Å². The maximum atomic E-state index is 4.45. The van der Waals surface area contributed by atoms with Crippen LogP contribution in [0.25, 0.3) is 0 Å². The van der Waals surface area contributed by atoms with Gasteiger partial charge in [0.2, 0.25) is 0 Å². The number of aromatic nitrogens is 1. The van der Waals surface area contributed by atoms with Crippen LogP contribution in [0.2, 0.25) is 0 Å². The Hall–Kier alpha value is 0.0700.